The molecule has 0 unspecified atom stereocenters. The van der Waals surface area contributed by atoms with Gasteiger partial charge in [-0.3, -0.25) is 14.9 Å². The van der Waals surface area contributed by atoms with Gasteiger partial charge in [0.15, 0.2) is 11.7 Å². The molecule has 0 atom stereocenters. The van der Waals surface area contributed by atoms with Crippen LogP contribution in [0.2, 0.25) is 0 Å². The van der Waals surface area contributed by atoms with Crippen molar-refractivity contribution in [1.29, 1.82) is 0 Å². The molecule has 0 aliphatic carbocycles. The van der Waals surface area contributed by atoms with Crippen LogP contribution in [0.1, 0.15) is 15.2 Å². The number of hydrogen-bond donors (Lipinski definition) is 1. The number of carbonyl (C=O) groups excluding carboxylic acids is 2. The molecule has 1 aliphatic heterocycles. The second-order valence-corrected chi connectivity index (χ2v) is 8.68. The summed E-state index contributed by atoms with van der Waals surface area (Å²) in [4.78, 5) is 32.0. The van der Waals surface area contributed by atoms with Gasteiger partial charge in [-0.05, 0) is 53.2 Å². The summed E-state index contributed by atoms with van der Waals surface area (Å²) in [6.45, 7) is 6.10. The molecule has 152 valence electrons. The van der Waals surface area contributed by atoms with Crippen LogP contribution in [0, 0.1) is 6.92 Å². The van der Waals surface area contributed by atoms with E-state index in [0.717, 1.165) is 20.6 Å². The van der Waals surface area contributed by atoms with E-state index in [1.807, 2.05) is 43.3 Å². The standard InChI is InChI=1S/C22H18BrN3O3S/c1-3-10-26-17-11-14(8-9-18(17)29-12-19(26)27)20-13(2)30-22(24-20)25-21(28)15-6-4-5-7-16(15)23/h3-9,11H,1,10,12H2,2H3,(H,24,25,28). The highest BCUT2D eigenvalue weighted by molar-refractivity contribution is 9.10. The maximum Gasteiger partial charge on any atom is 0.265 e. The Morgan fingerprint density at radius 2 is 2.17 bits per heavy atom. The van der Waals surface area contributed by atoms with Crippen molar-refractivity contribution in [3.63, 3.8) is 0 Å². The number of fused-ring (bicyclic) bond motifs is 1. The molecule has 0 spiro atoms. The van der Waals surface area contributed by atoms with E-state index in [0.29, 0.717) is 28.7 Å². The number of thiazole rings is 1. The van der Waals surface area contributed by atoms with E-state index in [1.165, 1.54) is 11.3 Å². The van der Waals surface area contributed by atoms with Gasteiger partial charge in [0.25, 0.3) is 11.8 Å². The smallest absolute Gasteiger partial charge is 0.265 e. The van der Waals surface area contributed by atoms with Crippen molar-refractivity contribution in [3.8, 4) is 17.0 Å². The Kier molecular flexibility index (Phi) is 5.69. The number of halogens is 1. The Morgan fingerprint density at radius 3 is 2.93 bits per heavy atom. The summed E-state index contributed by atoms with van der Waals surface area (Å²) >= 11 is 4.80. The minimum Gasteiger partial charge on any atom is -0.482 e. The zero-order chi connectivity index (χ0) is 21.3. The Labute approximate surface area is 186 Å². The molecule has 4 rings (SSSR count). The van der Waals surface area contributed by atoms with Crippen LogP contribution in [0.3, 0.4) is 0 Å². The highest BCUT2D eigenvalue weighted by atomic mass is 79.9. The van der Waals surface area contributed by atoms with Crippen molar-refractivity contribution in [2.75, 3.05) is 23.4 Å². The first-order valence-electron chi connectivity index (χ1n) is 9.19. The van der Waals surface area contributed by atoms with E-state index in [-0.39, 0.29) is 18.4 Å². The predicted octanol–water partition coefficient (Wildman–Crippen LogP) is 5.04. The van der Waals surface area contributed by atoms with E-state index in [2.05, 4.69) is 32.8 Å². The van der Waals surface area contributed by atoms with Crippen molar-refractivity contribution in [2.24, 2.45) is 0 Å². The number of nitrogens with zero attached hydrogens (tertiary/aromatic N) is 2. The van der Waals surface area contributed by atoms with Gasteiger partial charge >= 0.3 is 0 Å². The van der Waals surface area contributed by atoms with Crippen LogP contribution in [0.5, 0.6) is 5.75 Å². The molecule has 30 heavy (non-hydrogen) atoms. The summed E-state index contributed by atoms with van der Waals surface area (Å²) in [6, 6.07) is 12.9. The highest BCUT2D eigenvalue weighted by Crippen LogP contribution is 2.38. The van der Waals surface area contributed by atoms with Crippen LogP contribution >= 0.6 is 27.3 Å². The number of amides is 2. The minimum atomic E-state index is -0.232. The maximum absolute atomic E-state index is 12.6. The van der Waals surface area contributed by atoms with Crippen molar-refractivity contribution in [3.05, 3.63) is 70.0 Å². The molecule has 1 aromatic heterocycles. The second kappa shape index (κ2) is 8.41. The number of rotatable bonds is 5. The minimum absolute atomic E-state index is 0.0150. The SMILES string of the molecule is C=CCN1C(=O)COc2ccc(-c3nc(NC(=O)c4ccccc4Br)sc3C)cc21. The lowest BCUT2D eigenvalue weighted by Gasteiger charge is -2.28. The molecule has 2 aromatic carbocycles. The fraction of sp³-hybridized carbons (Fsp3) is 0.136. The van der Waals surface area contributed by atoms with Gasteiger partial charge < -0.3 is 9.64 Å². The number of nitrogens with one attached hydrogen (secondary N) is 1. The molecule has 0 radical (unpaired) electrons. The summed E-state index contributed by atoms with van der Waals surface area (Å²) in [5.41, 5.74) is 2.82. The quantitative estimate of drug-likeness (QED) is 0.515. The molecule has 0 bridgehead atoms. The topological polar surface area (TPSA) is 71.5 Å². The third kappa shape index (κ3) is 3.88. The van der Waals surface area contributed by atoms with Gasteiger partial charge in [0.1, 0.15) is 5.75 Å². The fourth-order valence-electron chi connectivity index (χ4n) is 3.21. The van der Waals surface area contributed by atoms with Gasteiger partial charge in [-0.15, -0.1) is 17.9 Å². The lowest BCUT2D eigenvalue weighted by atomic mass is 10.1. The number of benzene rings is 2. The molecule has 8 heteroatoms. The number of carbonyl (C=O) groups is 2. The van der Waals surface area contributed by atoms with E-state index in [1.54, 1.807) is 17.0 Å². The van der Waals surface area contributed by atoms with Crippen LogP contribution in [0.15, 0.2) is 59.6 Å². The molecule has 3 aromatic rings. The van der Waals surface area contributed by atoms with Gasteiger partial charge in [-0.25, -0.2) is 4.98 Å². The molecule has 2 amide bonds. The predicted molar refractivity (Wildman–Crippen MR) is 122 cm³/mol. The zero-order valence-corrected chi connectivity index (χ0v) is 18.5. The summed E-state index contributed by atoms with van der Waals surface area (Å²) in [5, 5.41) is 3.37. The molecule has 1 N–H and O–H groups in total. The molecule has 0 saturated carbocycles. The number of aromatic nitrogens is 1. The summed E-state index contributed by atoms with van der Waals surface area (Å²) < 4.78 is 6.27. The van der Waals surface area contributed by atoms with Crippen molar-refractivity contribution < 1.29 is 14.3 Å². The summed E-state index contributed by atoms with van der Waals surface area (Å²) in [7, 11) is 0. The molecule has 0 saturated heterocycles. The Morgan fingerprint density at radius 1 is 1.37 bits per heavy atom. The first-order valence-corrected chi connectivity index (χ1v) is 10.8. The second-order valence-electron chi connectivity index (χ2n) is 6.62. The summed E-state index contributed by atoms with van der Waals surface area (Å²) in [5.74, 6) is 0.302. The average molecular weight is 484 g/mol. The first-order chi connectivity index (χ1) is 14.5. The van der Waals surface area contributed by atoms with E-state index >= 15 is 0 Å². The van der Waals surface area contributed by atoms with E-state index in [9.17, 15) is 9.59 Å². The highest BCUT2D eigenvalue weighted by Gasteiger charge is 2.25. The van der Waals surface area contributed by atoms with Crippen molar-refractivity contribution in [1.82, 2.24) is 4.98 Å². The largest absolute Gasteiger partial charge is 0.482 e. The molecule has 0 fully saturated rings. The number of anilines is 2. The summed E-state index contributed by atoms with van der Waals surface area (Å²) in [6.07, 6.45) is 1.68. The van der Waals surface area contributed by atoms with Crippen LogP contribution in [0.25, 0.3) is 11.3 Å². The Bertz CT molecular complexity index is 1160. The first kappa shape index (κ1) is 20.3. The van der Waals surface area contributed by atoms with Crippen LogP contribution in [0.4, 0.5) is 10.8 Å². The normalized spacial score (nSPS) is 12.9. The molecule has 6 nitrogen and oxygen atoms in total. The van der Waals surface area contributed by atoms with Gasteiger partial charge in [0.05, 0.1) is 16.9 Å². The zero-order valence-electron chi connectivity index (χ0n) is 16.1. The van der Waals surface area contributed by atoms with Gasteiger partial charge in [0, 0.05) is 21.5 Å². The fourth-order valence-corrected chi connectivity index (χ4v) is 4.50. The monoisotopic (exact) mass is 483 g/mol. The third-order valence-corrected chi connectivity index (χ3v) is 6.20. The third-order valence-electron chi connectivity index (χ3n) is 4.62. The number of aryl methyl sites for hydroxylation is 1. The van der Waals surface area contributed by atoms with E-state index in [4.69, 9.17) is 4.74 Å². The molecule has 2 heterocycles. The maximum atomic E-state index is 12.6. The van der Waals surface area contributed by atoms with Crippen LogP contribution < -0.4 is 15.0 Å². The van der Waals surface area contributed by atoms with Crippen LogP contribution in [-0.4, -0.2) is 29.9 Å². The van der Waals surface area contributed by atoms with Crippen LogP contribution in [-0.2, 0) is 4.79 Å². The lowest BCUT2D eigenvalue weighted by Crippen LogP contribution is -2.38. The van der Waals surface area contributed by atoms with Crippen molar-refractivity contribution in [2.45, 2.75) is 6.92 Å². The van der Waals surface area contributed by atoms with Crippen molar-refractivity contribution >= 4 is 49.9 Å². The number of ether oxygens (including phenoxy) is 1. The number of hydrogen-bond acceptors (Lipinski definition) is 5. The Balaban J connectivity index is 1.64. The van der Waals surface area contributed by atoms with Gasteiger partial charge in [-0.2, -0.15) is 0 Å². The molecule has 1 aliphatic rings. The Hall–Kier alpha value is -2.97. The molecular formula is C22H18BrN3O3S. The van der Waals surface area contributed by atoms with Gasteiger partial charge in [-0.1, -0.05) is 18.2 Å². The van der Waals surface area contributed by atoms with E-state index < -0.39 is 0 Å². The lowest BCUT2D eigenvalue weighted by molar-refractivity contribution is -0.121. The molecular weight excluding hydrogens is 466 g/mol. The van der Waals surface area contributed by atoms with Gasteiger partial charge in [0.2, 0.25) is 0 Å². The average Bonchev–Trinajstić information content (AvgIpc) is 3.10.